The number of ether oxygens (including phenoxy) is 2. The molecule has 0 fully saturated rings. The predicted molar refractivity (Wildman–Crippen MR) is 105 cm³/mol. The highest BCUT2D eigenvalue weighted by atomic mass is 35.5. The fraction of sp³-hybridized carbons (Fsp3) is 0.222. The maximum Gasteiger partial charge on any atom is 0.258 e. The quantitative estimate of drug-likeness (QED) is 0.626. The standard InChI is InChI=1S/C18H17Cl3N2O4/c1-26-15-4-2-11(19)8-13(15)18(25)23-7-6-22-17(24)10-27-16-5-3-12(20)9-14(16)21/h2-5,8-9H,6-7,10H2,1H3,(H,22,24)(H,23,25). The molecule has 0 saturated heterocycles. The fourth-order valence-electron chi connectivity index (χ4n) is 2.12. The van der Waals surface area contributed by atoms with Crippen LogP contribution in [0, 0.1) is 0 Å². The number of carbonyl (C=O) groups is 2. The molecule has 144 valence electrons. The average molecular weight is 432 g/mol. The molecule has 0 aliphatic rings. The van der Waals surface area contributed by atoms with E-state index in [2.05, 4.69) is 10.6 Å². The van der Waals surface area contributed by atoms with Crippen LogP contribution in [0.2, 0.25) is 15.1 Å². The minimum atomic E-state index is -0.354. The minimum Gasteiger partial charge on any atom is -0.496 e. The molecule has 0 bridgehead atoms. The molecule has 9 heteroatoms. The summed E-state index contributed by atoms with van der Waals surface area (Å²) in [5.74, 6) is 0.0650. The van der Waals surface area contributed by atoms with Crippen LogP contribution in [0.1, 0.15) is 10.4 Å². The van der Waals surface area contributed by atoms with Gasteiger partial charge in [-0.25, -0.2) is 0 Å². The van der Waals surface area contributed by atoms with E-state index in [1.54, 1.807) is 24.3 Å². The first kappa shape index (κ1) is 21.2. The van der Waals surface area contributed by atoms with E-state index in [4.69, 9.17) is 44.3 Å². The van der Waals surface area contributed by atoms with Crippen LogP contribution in [-0.4, -0.2) is 38.6 Å². The zero-order valence-electron chi connectivity index (χ0n) is 14.4. The molecule has 0 aromatic heterocycles. The topological polar surface area (TPSA) is 76.7 Å². The molecule has 2 N–H and O–H groups in total. The van der Waals surface area contributed by atoms with Crippen molar-refractivity contribution in [3.8, 4) is 11.5 Å². The Morgan fingerprint density at radius 1 is 0.926 bits per heavy atom. The van der Waals surface area contributed by atoms with Crippen molar-refractivity contribution in [3.05, 3.63) is 57.0 Å². The van der Waals surface area contributed by atoms with E-state index in [1.165, 1.54) is 19.2 Å². The van der Waals surface area contributed by atoms with Gasteiger partial charge in [-0.05, 0) is 36.4 Å². The molecule has 2 aromatic carbocycles. The zero-order valence-corrected chi connectivity index (χ0v) is 16.6. The molecule has 0 unspecified atom stereocenters. The van der Waals surface area contributed by atoms with Crippen molar-refractivity contribution in [3.63, 3.8) is 0 Å². The van der Waals surface area contributed by atoms with Gasteiger partial charge in [-0.3, -0.25) is 9.59 Å². The molecule has 0 saturated carbocycles. The number of carbonyl (C=O) groups excluding carboxylic acids is 2. The summed E-state index contributed by atoms with van der Waals surface area (Å²) in [6.07, 6.45) is 0. The van der Waals surface area contributed by atoms with Gasteiger partial charge < -0.3 is 20.1 Å². The third kappa shape index (κ3) is 6.50. The molecule has 2 rings (SSSR count). The monoisotopic (exact) mass is 430 g/mol. The number of hydrogen-bond donors (Lipinski definition) is 2. The Balaban J connectivity index is 1.74. The van der Waals surface area contributed by atoms with Gasteiger partial charge in [-0.2, -0.15) is 0 Å². The Labute approximate surface area is 171 Å². The third-order valence-corrected chi connectivity index (χ3v) is 4.16. The molecule has 0 spiro atoms. The maximum atomic E-state index is 12.2. The molecule has 0 atom stereocenters. The number of hydrogen-bond acceptors (Lipinski definition) is 4. The lowest BCUT2D eigenvalue weighted by Crippen LogP contribution is -2.36. The van der Waals surface area contributed by atoms with E-state index in [-0.39, 0.29) is 31.5 Å². The molecule has 0 aliphatic heterocycles. The Morgan fingerprint density at radius 3 is 2.22 bits per heavy atom. The van der Waals surface area contributed by atoms with Crippen molar-refractivity contribution in [1.29, 1.82) is 0 Å². The largest absolute Gasteiger partial charge is 0.496 e. The summed E-state index contributed by atoms with van der Waals surface area (Å²) in [6, 6.07) is 9.47. The van der Waals surface area contributed by atoms with Gasteiger partial charge in [0, 0.05) is 23.1 Å². The van der Waals surface area contributed by atoms with E-state index in [1.807, 2.05) is 0 Å². The van der Waals surface area contributed by atoms with Gasteiger partial charge in [-0.1, -0.05) is 34.8 Å². The summed E-state index contributed by atoms with van der Waals surface area (Å²) < 4.78 is 10.5. The van der Waals surface area contributed by atoms with Crippen LogP contribution >= 0.6 is 34.8 Å². The maximum absolute atomic E-state index is 12.2. The third-order valence-electron chi connectivity index (χ3n) is 3.39. The van der Waals surface area contributed by atoms with Crippen LogP contribution in [0.3, 0.4) is 0 Å². The molecule has 6 nitrogen and oxygen atoms in total. The van der Waals surface area contributed by atoms with Gasteiger partial charge in [0.1, 0.15) is 11.5 Å². The molecular formula is C18H17Cl3N2O4. The van der Waals surface area contributed by atoms with Gasteiger partial charge in [0.2, 0.25) is 0 Å². The fourth-order valence-corrected chi connectivity index (χ4v) is 2.75. The van der Waals surface area contributed by atoms with Crippen LogP contribution in [-0.2, 0) is 4.79 Å². The normalized spacial score (nSPS) is 10.2. The number of amides is 2. The summed E-state index contributed by atoms with van der Waals surface area (Å²) in [5.41, 5.74) is 0.317. The zero-order chi connectivity index (χ0) is 19.8. The Morgan fingerprint density at radius 2 is 1.56 bits per heavy atom. The smallest absolute Gasteiger partial charge is 0.258 e. The van der Waals surface area contributed by atoms with E-state index >= 15 is 0 Å². The van der Waals surface area contributed by atoms with E-state index in [9.17, 15) is 9.59 Å². The highest BCUT2D eigenvalue weighted by Gasteiger charge is 2.12. The number of halogens is 3. The molecule has 0 radical (unpaired) electrons. The molecule has 0 heterocycles. The second kappa shape index (κ2) is 10.3. The summed E-state index contributed by atoms with van der Waals surface area (Å²) in [5, 5.41) is 6.52. The lowest BCUT2D eigenvalue weighted by Gasteiger charge is -2.11. The second-order valence-electron chi connectivity index (χ2n) is 5.31. The molecule has 27 heavy (non-hydrogen) atoms. The van der Waals surface area contributed by atoms with Crippen LogP contribution in [0.25, 0.3) is 0 Å². The summed E-state index contributed by atoms with van der Waals surface area (Å²) in [4.78, 5) is 24.0. The van der Waals surface area contributed by atoms with Crippen molar-refractivity contribution in [1.82, 2.24) is 10.6 Å². The van der Waals surface area contributed by atoms with Crippen LogP contribution in [0.4, 0.5) is 0 Å². The van der Waals surface area contributed by atoms with Gasteiger partial charge in [0.25, 0.3) is 11.8 Å². The number of nitrogens with one attached hydrogen (secondary N) is 2. The second-order valence-corrected chi connectivity index (χ2v) is 6.59. The predicted octanol–water partition coefficient (Wildman–Crippen LogP) is 3.58. The van der Waals surface area contributed by atoms with Gasteiger partial charge in [0.05, 0.1) is 17.7 Å². The lowest BCUT2D eigenvalue weighted by molar-refractivity contribution is -0.123. The summed E-state index contributed by atoms with van der Waals surface area (Å²) in [6.45, 7) is 0.241. The number of benzene rings is 2. The van der Waals surface area contributed by atoms with Crippen molar-refractivity contribution in [2.45, 2.75) is 0 Å². The minimum absolute atomic E-state index is 0.211. The first-order chi connectivity index (χ1) is 12.9. The van der Waals surface area contributed by atoms with E-state index in [0.29, 0.717) is 32.1 Å². The Hall–Kier alpha value is -2.15. The van der Waals surface area contributed by atoms with Crippen LogP contribution in [0.5, 0.6) is 11.5 Å². The van der Waals surface area contributed by atoms with Crippen LogP contribution < -0.4 is 20.1 Å². The van der Waals surface area contributed by atoms with Crippen molar-refractivity contribution in [2.75, 3.05) is 26.8 Å². The lowest BCUT2D eigenvalue weighted by atomic mass is 10.2. The Bertz CT molecular complexity index is 830. The van der Waals surface area contributed by atoms with Crippen LogP contribution in [0.15, 0.2) is 36.4 Å². The number of rotatable bonds is 8. The van der Waals surface area contributed by atoms with Crippen molar-refractivity contribution >= 4 is 46.6 Å². The van der Waals surface area contributed by atoms with Crippen molar-refractivity contribution in [2.24, 2.45) is 0 Å². The number of methoxy groups -OCH3 is 1. The summed E-state index contributed by atoms with van der Waals surface area (Å²) in [7, 11) is 1.47. The Kier molecular flexibility index (Phi) is 8.03. The first-order valence-corrected chi connectivity index (χ1v) is 9.00. The van der Waals surface area contributed by atoms with E-state index < -0.39 is 0 Å². The average Bonchev–Trinajstić information content (AvgIpc) is 2.64. The molecule has 0 aliphatic carbocycles. The SMILES string of the molecule is COc1ccc(Cl)cc1C(=O)NCCNC(=O)COc1ccc(Cl)cc1Cl. The highest BCUT2D eigenvalue weighted by molar-refractivity contribution is 6.35. The van der Waals surface area contributed by atoms with Gasteiger partial charge in [-0.15, -0.1) is 0 Å². The molecule has 2 aromatic rings. The van der Waals surface area contributed by atoms with Crippen molar-refractivity contribution < 1.29 is 19.1 Å². The highest BCUT2D eigenvalue weighted by Crippen LogP contribution is 2.27. The van der Waals surface area contributed by atoms with Gasteiger partial charge >= 0.3 is 0 Å². The van der Waals surface area contributed by atoms with E-state index in [0.717, 1.165) is 0 Å². The molecule has 2 amide bonds. The van der Waals surface area contributed by atoms with Gasteiger partial charge in [0.15, 0.2) is 6.61 Å². The first-order valence-electron chi connectivity index (χ1n) is 7.87. The molecular weight excluding hydrogens is 415 g/mol. The summed E-state index contributed by atoms with van der Waals surface area (Å²) >= 11 is 17.7.